The van der Waals surface area contributed by atoms with E-state index in [-0.39, 0.29) is 0 Å². The summed E-state index contributed by atoms with van der Waals surface area (Å²) in [5, 5.41) is 13.8. The van der Waals surface area contributed by atoms with Crippen LogP contribution in [0.15, 0.2) is 213 Å². The molecule has 13 rings (SSSR count). The van der Waals surface area contributed by atoms with Crippen LogP contribution >= 0.6 is 11.3 Å². The molecule has 0 N–H and O–H groups in total. The van der Waals surface area contributed by atoms with Gasteiger partial charge in [0.2, 0.25) is 0 Å². The molecular formula is C59H37N3S. The molecule has 0 atom stereocenters. The second-order valence-corrected chi connectivity index (χ2v) is 17.5. The number of rotatable bonds is 6. The molecule has 0 amide bonds. The van der Waals surface area contributed by atoms with Gasteiger partial charge in [-0.15, -0.1) is 11.3 Å². The predicted molar refractivity (Wildman–Crippen MR) is 271 cm³/mol. The van der Waals surface area contributed by atoms with Gasteiger partial charge in [0.05, 0.1) is 21.3 Å². The molecule has 9 aromatic carbocycles. The van der Waals surface area contributed by atoms with Gasteiger partial charge in [-0.1, -0.05) is 146 Å². The minimum absolute atomic E-state index is 0.884. The largest absolute Gasteiger partial charge is 0.310 e. The number of allylic oxidation sites excluding steroid dienone is 2. The summed E-state index contributed by atoms with van der Waals surface area (Å²) in [4.78, 5) is 5.11. The fourth-order valence-electron chi connectivity index (χ4n) is 9.98. The van der Waals surface area contributed by atoms with E-state index in [1.807, 2.05) is 6.20 Å². The Balaban J connectivity index is 0.893. The summed E-state index contributed by atoms with van der Waals surface area (Å²) in [6.07, 6.45) is 6.35. The Bertz CT molecular complexity index is 3970. The van der Waals surface area contributed by atoms with E-state index in [9.17, 15) is 0 Å². The van der Waals surface area contributed by atoms with E-state index in [2.05, 4.69) is 222 Å². The standard InChI is InChI=1S/C59H37N3S/c1-37(61-55-23-10-7-20-49(55)50-21-8-11-24-56(50)61)25-28-43-32-42-13-2-9-22-54(42)62(43)59-35-53-52-34-41(27-30-57(52)63-58(53)36-60-59)39-15-12-14-38(31-39)40-26-29-48-46-18-4-3-16-44(46)45-17-5-6-19-47(45)51(48)33-40/h2-36H,1H2/b28-25-. The third-order valence-corrected chi connectivity index (χ3v) is 14.0. The molecular weight excluding hydrogens is 783 g/mol. The molecule has 4 aromatic heterocycles. The second-order valence-electron chi connectivity index (χ2n) is 16.4. The summed E-state index contributed by atoms with van der Waals surface area (Å²) in [6.45, 7) is 4.58. The van der Waals surface area contributed by atoms with Crippen molar-refractivity contribution in [2.24, 2.45) is 0 Å². The Labute approximate surface area is 367 Å². The van der Waals surface area contributed by atoms with E-state index < -0.39 is 0 Å². The van der Waals surface area contributed by atoms with Crippen LogP contribution in [0.4, 0.5) is 0 Å². The molecule has 3 nitrogen and oxygen atoms in total. The van der Waals surface area contributed by atoms with Crippen molar-refractivity contribution < 1.29 is 0 Å². The number of hydrogen-bond donors (Lipinski definition) is 0. The Kier molecular flexibility index (Phi) is 7.93. The number of benzene rings is 9. The van der Waals surface area contributed by atoms with Gasteiger partial charge in [-0.2, -0.15) is 0 Å². The number of thiophene rings is 1. The molecule has 0 aliphatic carbocycles. The van der Waals surface area contributed by atoms with E-state index in [1.54, 1.807) is 11.3 Å². The molecule has 0 unspecified atom stereocenters. The van der Waals surface area contributed by atoms with Crippen molar-refractivity contribution >= 4 is 108 Å². The highest BCUT2D eigenvalue weighted by Crippen LogP contribution is 2.41. The van der Waals surface area contributed by atoms with Crippen molar-refractivity contribution in [1.29, 1.82) is 0 Å². The number of hydrogen-bond acceptors (Lipinski definition) is 2. The summed E-state index contributed by atoms with van der Waals surface area (Å²) < 4.78 is 6.95. The van der Waals surface area contributed by atoms with E-state index in [4.69, 9.17) is 4.98 Å². The van der Waals surface area contributed by atoms with E-state index in [0.717, 1.165) is 39.1 Å². The third-order valence-electron chi connectivity index (χ3n) is 12.9. The first-order valence-electron chi connectivity index (χ1n) is 21.4. The van der Waals surface area contributed by atoms with Gasteiger partial charge in [0.25, 0.3) is 0 Å². The van der Waals surface area contributed by atoms with Crippen LogP contribution in [0.5, 0.6) is 0 Å². The molecule has 0 radical (unpaired) electrons. The van der Waals surface area contributed by atoms with Crippen molar-refractivity contribution in [1.82, 2.24) is 14.1 Å². The van der Waals surface area contributed by atoms with E-state index in [1.165, 1.54) is 85.5 Å². The summed E-state index contributed by atoms with van der Waals surface area (Å²) in [6, 6.07) is 70.6. The smallest absolute Gasteiger partial charge is 0.138 e. The van der Waals surface area contributed by atoms with Crippen molar-refractivity contribution in [3.63, 3.8) is 0 Å². The monoisotopic (exact) mass is 819 g/mol. The van der Waals surface area contributed by atoms with Crippen LogP contribution in [-0.2, 0) is 0 Å². The van der Waals surface area contributed by atoms with E-state index >= 15 is 0 Å². The van der Waals surface area contributed by atoms with Crippen molar-refractivity contribution in [2.45, 2.75) is 0 Å². The highest BCUT2D eigenvalue weighted by Gasteiger charge is 2.16. The minimum atomic E-state index is 0.884. The van der Waals surface area contributed by atoms with Gasteiger partial charge >= 0.3 is 0 Å². The van der Waals surface area contributed by atoms with Crippen LogP contribution in [0.3, 0.4) is 0 Å². The second kappa shape index (κ2) is 14.0. The van der Waals surface area contributed by atoms with Crippen LogP contribution in [0, 0.1) is 0 Å². The normalized spacial score (nSPS) is 12.1. The zero-order valence-electron chi connectivity index (χ0n) is 34.2. The lowest BCUT2D eigenvalue weighted by Crippen LogP contribution is -1.99. The Morgan fingerprint density at radius 3 is 1.63 bits per heavy atom. The quantitative estimate of drug-likeness (QED) is 0.121. The van der Waals surface area contributed by atoms with Gasteiger partial charge in [0.15, 0.2) is 0 Å². The van der Waals surface area contributed by atoms with Gasteiger partial charge in [0, 0.05) is 49.2 Å². The summed E-state index contributed by atoms with van der Waals surface area (Å²) in [7, 11) is 0. The Morgan fingerprint density at radius 2 is 0.952 bits per heavy atom. The molecule has 0 saturated carbocycles. The molecule has 0 bridgehead atoms. The average Bonchev–Trinajstić information content (AvgIpc) is 4.02. The van der Waals surface area contributed by atoms with Crippen LogP contribution in [0.2, 0.25) is 0 Å². The zero-order chi connectivity index (χ0) is 41.6. The lowest BCUT2D eigenvalue weighted by Gasteiger charge is -2.12. The molecule has 0 saturated heterocycles. The first-order valence-corrected chi connectivity index (χ1v) is 22.2. The van der Waals surface area contributed by atoms with Crippen molar-refractivity contribution in [3.05, 3.63) is 219 Å². The van der Waals surface area contributed by atoms with E-state index in [0.29, 0.717) is 0 Å². The summed E-state index contributed by atoms with van der Waals surface area (Å²) in [5.41, 5.74) is 10.1. The molecule has 0 fully saturated rings. The zero-order valence-corrected chi connectivity index (χ0v) is 35.0. The number of nitrogens with zero attached hydrogens (tertiary/aromatic N) is 3. The molecule has 0 spiro atoms. The van der Waals surface area contributed by atoms with Crippen molar-refractivity contribution in [2.75, 3.05) is 0 Å². The van der Waals surface area contributed by atoms with Gasteiger partial charge < -0.3 is 4.57 Å². The molecule has 4 heteroatoms. The van der Waals surface area contributed by atoms with Gasteiger partial charge in [-0.3, -0.25) is 4.57 Å². The highest BCUT2D eigenvalue weighted by atomic mass is 32.1. The maximum Gasteiger partial charge on any atom is 0.138 e. The van der Waals surface area contributed by atoms with Crippen LogP contribution in [0.1, 0.15) is 5.69 Å². The Morgan fingerprint density at radius 1 is 0.429 bits per heavy atom. The van der Waals surface area contributed by atoms with Gasteiger partial charge in [-0.05, 0) is 121 Å². The Hall–Kier alpha value is -8.05. The number of pyridine rings is 1. The lowest BCUT2D eigenvalue weighted by molar-refractivity contribution is 1.04. The van der Waals surface area contributed by atoms with Crippen molar-refractivity contribution in [3.8, 4) is 28.1 Å². The molecule has 13 aromatic rings. The first-order chi connectivity index (χ1) is 31.1. The lowest BCUT2D eigenvalue weighted by atomic mass is 9.91. The van der Waals surface area contributed by atoms with Crippen LogP contribution in [-0.4, -0.2) is 14.1 Å². The highest BCUT2D eigenvalue weighted by molar-refractivity contribution is 7.25. The fraction of sp³-hybridized carbons (Fsp3) is 0. The molecule has 0 aliphatic heterocycles. The maximum atomic E-state index is 5.11. The van der Waals surface area contributed by atoms with Gasteiger partial charge in [-0.25, -0.2) is 4.98 Å². The summed E-state index contributed by atoms with van der Waals surface area (Å²) >= 11 is 1.80. The minimum Gasteiger partial charge on any atom is -0.310 e. The topological polar surface area (TPSA) is 22.8 Å². The number of fused-ring (bicyclic) bond motifs is 13. The fourth-order valence-corrected chi connectivity index (χ4v) is 11.0. The first kappa shape index (κ1) is 35.7. The number of aromatic nitrogens is 3. The van der Waals surface area contributed by atoms with Crippen LogP contribution in [0.25, 0.3) is 125 Å². The molecule has 63 heavy (non-hydrogen) atoms. The molecule has 0 aliphatic rings. The van der Waals surface area contributed by atoms with Crippen LogP contribution < -0.4 is 0 Å². The SMILES string of the molecule is C=C(/C=C\c1cc2ccccc2n1-c1cc2c(cn1)sc1ccc(-c3cccc(-c4ccc5c6ccccc6c6ccccc6c5c4)c3)cc12)n1c2ccccc2c2ccccc21. The summed E-state index contributed by atoms with van der Waals surface area (Å²) in [5.74, 6) is 0.884. The molecule has 4 heterocycles. The average molecular weight is 820 g/mol. The predicted octanol–water partition coefficient (Wildman–Crippen LogP) is 16.5. The number of para-hydroxylation sites is 3. The maximum absolute atomic E-state index is 5.11. The van der Waals surface area contributed by atoms with Gasteiger partial charge in [0.1, 0.15) is 5.82 Å². The third kappa shape index (κ3) is 5.62. The molecule has 294 valence electrons.